The van der Waals surface area contributed by atoms with E-state index in [0.29, 0.717) is 48.1 Å². The zero-order valence-corrected chi connectivity index (χ0v) is 18.1. The number of anilines is 2. The molecule has 2 aliphatic rings. The molecule has 4 rings (SSSR count). The number of benzene rings is 1. The van der Waals surface area contributed by atoms with Crippen molar-refractivity contribution in [1.29, 1.82) is 0 Å². The van der Waals surface area contributed by atoms with E-state index >= 15 is 0 Å². The molecule has 1 aromatic heterocycles. The van der Waals surface area contributed by atoms with Crippen LogP contribution in [0.15, 0.2) is 38.7 Å². The van der Waals surface area contributed by atoms with E-state index in [2.05, 4.69) is 21.2 Å². The molecule has 3 heterocycles. The van der Waals surface area contributed by atoms with Crippen LogP contribution in [-0.2, 0) is 14.3 Å². The van der Waals surface area contributed by atoms with Gasteiger partial charge in [0.25, 0.3) is 11.8 Å². The van der Waals surface area contributed by atoms with Crippen LogP contribution >= 0.6 is 15.9 Å². The van der Waals surface area contributed by atoms with Gasteiger partial charge in [-0.25, -0.2) is 9.69 Å². The third-order valence-corrected chi connectivity index (χ3v) is 5.76. The van der Waals surface area contributed by atoms with Gasteiger partial charge in [-0.2, -0.15) is 0 Å². The first-order valence-corrected chi connectivity index (χ1v) is 10.3. The Morgan fingerprint density at radius 1 is 1.13 bits per heavy atom. The molecule has 0 aliphatic carbocycles. The Bertz CT molecular complexity index is 1070. The maximum atomic E-state index is 13.1. The van der Waals surface area contributed by atoms with E-state index in [9.17, 15) is 14.4 Å². The highest BCUT2D eigenvalue weighted by Crippen LogP contribution is 2.33. The van der Waals surface area contributed by atoms with Gasteiger partial charge in [-0.3, -0.25) is 14.9 Å². The van der Waals surface area contributed by atoms with E-state index in [-0.39, 0.29) is 5.57 Å². The number of nitrogens with one attached hydrogen (secondary N) is 1. The lowest BCUT2D eigenvalue weighted by molar-refractivity contribution is -0.122. The molecule has 0 atom stereocenters. The molecule has 2 saturated heterocycles. The normalized spacial score (nSPS) is 18.9. The number of hydrogen-bond acceptors (Lipinski definition) is 6. The highest BCUT2D eigenvalue weighted by molar-refractivity contribution is 9.10. The SMILES string of the molecule is Cc1cccc(N2C(=O)NC(=O)C(=Cc3cc(Br)c(N4CCOCC4)o3)C2=O)c1C. The molecule has 2 aromatic rings. The van der Waals surface area contributed by atoms with Crippen LogP contribution in [0.4, 0.5) is 16.4 Å². The first-order valence-electron chi connectivity index (χ1n) is 9.46. The molecule has 4 amide bonds. The molecule has 8 nitrogen and oxygen atoms in total. The number of amides is 4. The van der Waals surface area contributed by atoms with E-state index in [1.54, 1.807) is 18.2 Å². The maximum Gasteiger partial charge on any atom is 0.335 e. The lowest BCUT2D eigenvalue weighted by Crippen LogP contribution is -2.54. The molecule has 1 aromatic carbocycles. The standard InChI is InChI=1S/C21H20BrN3O5/c1-12-4-3-5-17(13(12)2)25-19(27)15(18(26)23-21(25)28)10-14-11-16(22)20(30-14)24-6-8-29-9-7-24/h3-5,10-11H,6-9H2,1-2H3,(H,23,26,28). The van der Waals surface area contributed by atoms with Crippen LogP contribution in [0.1, 0.15) is 16.9 Å². The molecular weight excluding hydrogens is 454 g/mol. The Balaban J connectivity index is 1.69. The van der Waals surface area contributed by atoms with Gasteiger partial charge in [-0.1, -0.05) is 12.1 Å². The number of furan rings is 1. The first kappa shape index (κ1) is 20.4. The third-order valence-electron chi connectivity index (χ3n) is 5.19. The van der Waals surface area contributed by atoms with Gasteiger partial charge in [-0.05, 0) is 53.0 Å². The van der Waals surface area contributed by atoms with Gasteiger partial charge in [0.15, 0.2) is 0 Å². The summed E-state index contributed by atoms with van der Waals surface area (Å²) in [5, 5.41) is 2.24. The molecular formula is C21H20BrN3O5. The Morgan fingerprint density at radius 3 is 2.60 bits per heavy atom. The van der Waals surface area contributed by atoms with Crippen LogP contribution in [0.3, 0.4) is 0 Å². The molecule has 156 valence electrons. The average Bonchev–Trinajstić information content (AvgIpc) is 3.09. The third kappa shape index (κ3) is 3.66. The highest BCUT2D eigenvalue weighted by Gasteiger charge is 2.38. The number of rotatable bonds is 3. The van der Waals surface area contributed by atoms with Crippen molar-refractivity contribution >= 4 is 51.4 Å². The van der Waals surface area contributed by atoms with Crippen LogP contribution in [-0.4, -0.2) is 44.1 Å². The van der Waals surface area contributed by atoms with Gasteiger partial charge in [0, 0.05) is 19.2 Å². The topological polar surface area (TPSA) is 92.1 Å². The molecule has 2 aliphatic heterocycles. The number of halogens is 1. The summed E-state index contributed by atoms with van der Waals surface area (Å²) in [6, 6.07) is 6.24. The van der Waals surface area contributed by atoms with Crippen molar-refractivity contribution in [3.05, 3.63) is 51.2 Å². The number of ether oxygens (including phenoxy) is 1. The number of hydrogen-bond donors (Lipinski definition) is 1. The zero-order valence-electron chi connectivity index (χ0n) is 16.5. The van der Waals surface area contributed by atoms with Crippen LogP contribution in [0.25, 0.3) is 6.08 Å². The van der Waals surface area contributed by atoms with Gasteiger partial charge in [0.2, 0.25) is 5.88 Å². The highest BCUT2D eigenvalue weighted by atomic mass is 79.9. The fraction of sp³-hybridized carbons (Fsp3) is 0.286. The molecule has 2 fully saturated rings. The predicted octanol–water partition coefficient (Wildman–Crippen LogP) is 3.16. The van der Waals surface area contributed by atoms with Crippen LogP contribution in [0, 0.1) is 13.8 Å². The fourth-order valence-corrected chi connectivity index (χ4v) is 3.98. The number of carbonyl (C=O) groups excluding carboxylic acids is 3. The van der Waals surface area contributed by atoms with E-state index in [0.717, 1.165) is 16.0 Å². The molecule has 0 saturated carbocycles. The molecule has 30 heavy (non-hydrogen) atoms. The minimum Gasteiger partial charge on any atom is -0.440 e. The zero-order chi connectivity index (χ0) is 21.4. The molecule has 0 radical (unpaired) electrons. The first-order chi connectivity index (χ1) is 14.4. The number of imide groups is 2. The Kier molecular flexibility index (Phi) is 5.48. The summed E-state index contributed by atoms with van der Waals surface area (Å²) in [4.78, 5) is 41.0. The van der Waals surface area contributed by atoms with Crippen molar-refractivity contribution in [2.45, 2.75) is 13.8 Å². The summed E-state index contributed by atoms with van der Waals surface area (Å²) in [6.45, 7) is 6.26. The number of urea groups is 1. The number of morpholine rings is 1. The van der Waals surface area contributed by atoms with Crippen molar-refractivity contribution in [2.24, 2.45) is 0 Å². The Labute approximate surface area is 181 Å². The summed E-state index contributed by atoms with van der Waals surface area (Å²) >= 11 is 3.47. The number of carbonyl (C=O) groups is 3. The summed E-state index contributed by atoms with van der Waals surface area (Å²) in [6.07, 6.45) is 1.36. The van der Waals surface area contributed by atoms with Gasteiger partial charge >= 0.3 is 6.03 Å². The van der Waals surface area contributed by atoms with E-state index in [4.69, 9.17) is 9.15 Å². The number of nitrogens with zero attached hydrogens (tertiary/aromatic N) is 2. The van der Waals surface area contributed by atoms with Crippen molar-refractivity contribution in [2.75, 3.05) is 36.1 Å². The van der Waals surface area contributed by atoms with E-state index in [1.165, 1.54) is 6.08 Å². The lowest BCUT2D eigenvalue weighted by atomic mass is 10.0. The summed E-state index contributed by atoms with van der Waals surface area (Å²) in [5.74, 6) is -0.515. The monoisotopic (exact) mass is 473 g/mol. The fourth-order valence-electron chi connectivity index (χ4n) is 3.43. The number of aryl methyl sites for hydroxylation is 1. The van der Waals surface area contributed by atoms with Gasteiger partial charge in [0.1, 0.15) is 11.3 Å². The minimum absolute atomic E-state index is 0.176. The lowest BCUT2D eigenvalue weighted by Gasteiger charge is -2.28. The molecule has 0 unspecified atom stereocenters. The largest absolute Gasteiger partial charge is 0.440 e. The Morgan fingerprint density at radius 2 is 1.87 bits per heavy atom. The van der Waals surface area contributed by atoms with E-state index in [1.807, 2.05) is 24.8 Å². The minimum atomic E-state index is -0.773. The molecule has 9 heteroatoms. The van der Waals surface area contributed by atoms with Crippen molar-refractivity contribution in [3.8, 4) is 0 Å². The average molecular weight is 474 g/mol. The summed E-state index contributed by atoms with van der Waals surface area (Å²) in [5.41, 5.74) is 1.97. The van der Waals surface area contributed by atoms with Crippen LogP contribution in [0.5, 0.6) is 0 Å². The molecule has 0 bridgehead atoms. The van der Waals surface area contributed by atoms with E-state index < -0.39 is 17.8 Å². The summed E-state index contributed by atoms with van der Waals surface area (Å²) in [7, 11) is 0. The molecule has 1 N–H and O–H groups in total. The summed E-state index contributed by atoms with van der Waals surface area (Å²) < 4.78 is 11.9. The number of barbiturate groups is 1. The Hall–Kier alpha value is -2.91. The maximum absolute atomic E-state index is 13.1. The second-order valence-electron chi connectivity index (χ2n) is 7.08. The van der Waals surface area contributed by atoms with Gasteiger partial charge in [-0.15, -0.1) is 0 Å². The second kappa shape index (κ2) is 8.08. The van der Waals surface area contributed by atoms with Gasteiger partial charge < -0.3 is 14.1 Å². The van der Waals surface area contributed by atoms with Crippen molar-refractivity contribution in [1.82, 2.24) is 5.32 Å². The second-order valence-corrected chi connectivity index (χ2v) is 7.93. The quantitative estimate of drug-likeness (QED) is 0.543. The molecule has 0 spiro atoms. The van der Waals surface area contributed by atoms with Crippen LogP contribution < -0.4 is 15.1 Å². The van der Waals surface area contributed by atoms with Crippen molar-refractivity contribution < 1.29 is 23.5 Å². The predicted molar refractivity (Wildman–Crippen MR) is 114 cm³/mol. The smallest absolute Gasteiger partial charge is 0.335 e. The van der Waals surface area contributed by atoms with Crippen LogP contribution in [0.2, 0.25) is 0 Å². The van der Waals surface area contributed by atoms with Crippen molar-refractivity contribution in [3.63, 3.8) is 0 Å². The van der Waals surface area contributed by atoms with Gasteiger partial charge in [0.05, 0.1) is 23.4 Å².